The number of aliphatic hydroxyl groups is 1. The van der Waals surface area contributed by atoms with Gasteiger partial charge in [0.15, 0.2) is 0 Å². The molecule has 104 valence electrons. The van der Waals surface area contributed by atoms with E-state index in [0.29, 0.717) is 6.54 Å². The first-order valence-electron chi connectivity index (χ1n) is 7.37. The number of aliphatic hydroxyl groups excluding tert-OH is 1. The normalized spacial score (nSPS) is 10.9. The largest absolute Gasteiger partial charge is 0.395 e. The van der Waals surface area contributed by atoms with Crippen molar-refractivity contribution in [3.05, 3.63) is 0 Å². The molecule has 0 aliphatic heterocycles. The molecular weight excluding hydrogens is 214 g/mol. The van der Waals surface area contributed by atoms with Crippen molar-refractivity contribution in [3.63, 3.8) is 0 Å². The summed E-state index contributed by atoms with van der Waals surface area (Å²) in [7, 11) is 0. The average molecular weight is 245 g/mol. The Labute approximate surface area is 107 Å². The summed E-state index contributed by atoms with van der Waals surface area (Å²) in [5, 5.41) is 8.50. The minimum atomic E-state index is 0.137. The first-order chi connectivity index (χ1) is 8.41. The molecule has 0 aromatic carbocycles. The Hall–Kier alpha value is -0.120. The fourth-order valence-electron chi connectivity index (χ4n) is 1.85. The summed E-state index contributed by atoms with van der Waals surface area (Å²) in [6.45, 7) is 3.68. The van der Waals surface area contributed by atoms with E-state index in [1.807, 2.05) is 0 Å². The summed E-state index contributed by atoms with van der Waals surface area (Å²) in [4.78, 5) is 5.14. The van der Waals surface area contributed by atoms with Crippen LogP contribution in [-0.4, -0.2) is 24.9 Å². The van der Waals surface area contributed by atoms with Crippen molar-refractivity contribution in [1.29, 1.82) is 0 Å². The van der Waals surface area contributed by atoms with Crippen molar-refractivity contribution >= 4 is 0 Å². The van der Waals surface area contributed by atoms with Gasteiger partial charge >= 0.3 is 0 Å². The zero-order valence-electron chi connectivity index (χ0n) is 11.5. The predicted octanol–water partition coefficient (Wildman–Crippen LogP) is 3.42. The van der Waals surface area contributed by atoms with Crippen molar-refractivity contribution in [2.75, 3.05) is 19.8 Å². The standard InChI is InChI=1S/C14H31NO2/c1-2-3-4-5-6-7-8-9-10-11-14-17-15-12-13-16/h15-16H,2-14H2,1H3. The van der Waals surface area contributed by atoms with Crippen LogP contribution in [0.25, 0.3) is 0 Å². The van der Waals surface area contributed by atoms with E-state index in [1.165, 1.54) is 57.8 Å². The van der Waals surface area contributed by atoms with E-state index in [0.717, 1.165) is 13.0 Å². The molecule has 0 rings (SSSR count). The molecule has 0 saturated carbocycles. The van der Waals surface area contributed by atoms with Crippen LogP contribution in [0.5, 0.6) is 0 Å². The third kappa shape index (κ3) is 15.9. The van der Waals surface area contributed by atoms with Crippen molar-refractivity contribution in [2.24, 2.45) is 0 Å². The molecule has 3 nitrogen and oxygen atoms in total. The van der Waals surface area contributed by atoms with E-state index in [2.05, 4.69) is 12.4 Å². The topological polar surface area (TPSA) is 41.5 Å². The second-order valence-electron chi connectivity index (χ2n) is 4.65. The maximum Gasteiger partial charge on any atom is 0.0682 e. The summed E-state index contributed by atoms with van der Waals surface area (Å²) in [5.74, 6) is 0. The van der Waals surface area contributed by atoms with Crippen LogP contribution in [0.2, 0.25) is 0 Å². The molecule has 2 N–H and O–H groups in total. The third-order valence-corrected chi connectivity index (χ3v) is 2.92. The molecule has 0 heterocycles. The molecule has 0 aromatic heterocycles. The quantitative estimate of drug-likeness (QED) is 0.364. The summed E-state index contributed by atoms with van der Waals surface area (Å²) in [5.41, 5.74) is 2.72. The molecule has 0 amide bonds. The molecular formula is C14H31NO2. The molecule has 0 radical (unpaired) electrons. The van der Waals surface area contributed by atoms with Gasteiger partial charge in [-0.15, -0.1) is 0 Å². The first-order valence-corrected chi connectivity index (χ1v) is 7.37. The van der Waals surface area contributed by atoms with E-state index >= 15 is 0 Å². The summed E-state index contributed by atoms with van der Waals surface area (Å²) >= 11 is 0. The van der Waals surface area contributed by atoms with Crippen molar-refractivity contribution in [1.82, 2.24) is 5.48 Å². The van der Waals surface area contributed by atoms with E-state index in [1.54, 1.807) is 0 Å². The van der Waals surface area contributed by atoms with E-state index < -0.39 is 0 Å². The summed E-state index contributed by atoms with van der Waals surface area (Å²) in [6.07, 6.45) is 13.5. The molecule has 0 aromatic rings. The third-order valence-electron chi connectivity index (χ3n) is 2.92. The minimum Gasteiger partial charge on any atom is -0.395 e. The summed E-state index contributed by atoms with van der Waals surface area (Å²) < 4.78 is 0. The lowest BCUT2D eigenvalue weighted by Gasteiger charge is -2.04. The number of hydroxylamine groups is 1. The van der Waals surface area contributed by atoms with Gasteiger partial charge in [0.25, 0.3) is 0 Å². The van der Waals surface area contributed by atoms with Gasteiger partial charge in [0, 0.05) is 6.54 Å². The van der Waals surface area contributed by atoms with Gasteiger partial charge in [-0.1, -0.05) is 64.7 Å². The first kappa shape index (κ1) is 16.9. The SMILES string of the molecule is CCCCCCCCCCCCONCCO. The Morgan fingerprint density at radius 2 is 1.35 bits per heavy atom. The fourth-order valence-corrected chi connectivity index (χ4v) is 1.85. The Morgan fingerprint density at radius 1 is 0.824 bits per heavy atom. The van der Waals surface area contributed by atoms with Gasteiger partial charge in [-0.3, -0.25) is 0 Å². The van der Waals surface area contributed by atoms with Crippen LogP contribution in [0.4, 0.5) is 0 Å². The molecule has 0 fully saturated rings. The number of hydrogen-bond acceptors (Lipinski definition) is 3. The second-order valence-corrected chi connectivity index (χ2v) is 4.65. The van der Waals surface area contributed by atoms with Gasteiger partial charge < -0.3 is 9.94 Å². The van der Waals surface area contributed by atoms with Crippen molar-refractivity contribution in [3.8, 4) is 0 Å². The van der Waals surface area contributed by atoms with Crippen LogP contribution >= 0.6 is 0 Å². The lowest BCUT2D eigenvalue weighted by atomic mass is 10.1. The Morgan fingerprint density at radius 3 is 1.88 bits per heavy atom. The highest BCUT2D eigenvalue weighted by Gasteiger charge is 1.93. The molecule has 3 heteroatoms. The smallest absolute Gasteiger partial charge is 0.0682 e. The number of nitrogens with one attached hydrogen (secondary N) is 1. The predicted molar refractivity (Wildman–Crippen MR) is 72.9 cm³/mol. The molecule has 0 aliphatic rings. The van der Waals surface area contributed by atoms with Gasteiger partial charge in [0.2, 0.25) is 0 Å². The zero-order valence-corrected chi connectivity index (χ0v) is 11.5. The second kappa shape index (κ2) is 15.9. The van der Waals surface area contributed by atoms with Crippen LogP contribution < -0.4 is 5.48 Å². The van der Waals surface area contributed by atoms with Gasteiger partial charge in [-0.2, -0.15) is 0 Å². The van der Waals surface area contributed by atoms with Crippen molar-refractivity contribution < 1.29 is 9.94 Å². The molecule has 0 saturated heterocycles. The van der Waals surface area contributed by atoms with Gasteiger partial charge in [-0.05, 0) is 6.42 Å². The average Bonchev–Trinajstić information content (AvgIpc) is 2.35. The van der Waals surface area contributed by atoms with Crippen molar-refractivity contribution in [2.45, 2.75) is 71.1 Å². The molecule has 0 unspecified atom stereocenters. The number of rotatable bonds is 14. The maximum absolute atomic E-state index is 8.50. The van der Waals surface area contributed by atoms with Gasteiger partial charge in [0.05, 0.1) is 13.2 Å². The highest BCUT2D eigenvalue weighted by molar-refractivity contribution is 4.47. The minimum absolute atomic E-state index is 0.137. The van der Waals surface area contributed by atoms with Crippen LogP contribution in [0.3, 0.4) is 0 Å². The molecule has 0 spiro atoms. The lowest BCUT2D eigenvalue weighted by Crippen LogP contribution is -2.19. The molecule has 0 aliphatic carbocycles. The van der Waals surface area contributed by atoms with Gasteiger partial charge in [0.1, 0.15) is 0 Å². The van der Waals surface area contributed by atoms with E-state index in [4.69, 9.17) is 9.94 Å². The molecule has 0 bridgehead atoms. The van der Waals surface area contributed by atoms with Crippen LogP contribution in [0.15, 0.2) is 0 Å². The fraction of sp³-hybridized carbons (Fsp3) is 1.00. The van der Waals surface area contributed by atoms with Crippen LogP contribution in [-0.2, 0) is 4.84 Å². The Bertz CT molecular complexity index is 117. The van der Waals surface area contributed by atoms with E-state index in [-0.39, 0.29) is 6.61 Å². The highest BCUT2D eigenvalue weighted by atomic mass is 16.6. The Kier molecular flexibility index (Phi) is 15.8. The molecule has 17 heavy (non-hydrogen) atoms. The van der Waals surface area contributed by atoms with Gasteiger partial charge in [-0.25, -0.2) is 5.48 Å². The zero-order chi connectivity index (χ0) is 12.6. The van der Waals surface area contributed by atoms with E-state index in [9.17, 15) is 0 Å². The van der Waals surface area contributed by atoms with Crippen LogP contribution in [0, 0.1) is 0 Å². The number of hydrogen-bond donors (Lipinski definition) is 2. The lowest BCUT2D eigenvalue weighted by molar-refractivity contribution is 0.0298. The Balaban J connectivity index is 2.85. The monoisotopic (exact) mass is 245 g/mol. The number of unbranched alkanes of at least 4 members (excludes halogenated alkanes) is 9. The summed E-state index contributed by atoms with van der Waals surface area (Å²) in [6, 6.07) is 0. The van der Waals surface area contributed by atoms with Crippen LogP contribution in [0.1, 0.15) is 71.1 Å². The highest BCUT2D eigenvalue weighted by Crippen LogP contribution is 2.10. The maximum atomic E-state index is 8.50. The molecule has 0 atom stereocenters.